The van der Waals surface area contributed by atoms with Gasteiger partial charge in [0.1, 0.15) is 0 Å². The van der Waals surface area contributed by atoms with Crippen molar-refractivity contribution in [2.24, 2.45) is 4.99 Å². The zero-order valence-electron chi connectivity index (χ0n) is 14.6. The van der Waals surface area contributed by atoms with Crippen LogP contribution in [0.4, 0.5) is 0 Å². The second-order valence-corrected chi connectivity index (χ2v) is 7.61. The highest BCUT2D eigenvalue weighted by Gasteiger charge is 2.05. The predicted molar refractivity (Wildman–Crippen MR) is 117 cm³/mol. The van der Waals surface area contributed by atoms with Crippen molar-refractivity contribution in [3.05, 3.63) is 39.0 Å². The summed E-state index contributed by atoms with van der Waals surface area (Å²) in [6, 6.07) is 0. The molecule has 0 aliphatic rings. The minimum absolute atomic E-state index is 0. The van der Waals surface area contributed by atoms with Gasteiger partial charge in [0, 0.05) is 42.2 Å². The minimum atomic E-state index is 0. The molecule has 0 bridgehead atoms. The Morgan fingerprint density at radius 2 is 2.12 bits per heavy atom. The van der Waals surface area contributed by atoms with Crippen LogP contribution in [0.15, 0.2) is 22.8 Å². The summed E-state index contributed by atoms with van der Waals surface area (Å²) in [4.78, 5) is 16.0. The number of aryl methyl sites for hydroxylation is 2. The molecule has 0 fully saturated rings. The Kier molecular flexibility index (Phi) is 7.63. The van der Waals surface area contributed by atoms with Gasteiger partial charge >= 0.3 is 0 Å². The van der Waals surface area contributed by atoms with E-state index in [0.29, 0.717) is 6.54 Å². The number of thiazole rings is 2. The van der Waals surface area contributed by atoms with Crippen molar-refractivity contribution in [1.82, 2.24) is 25.0 Å². The maximum atomic E-state index is 4.62. The molecule has 9 heteroatoms. The molecule has 6 nitrogen and oxygen atoms in total. The first kappa shape index (κ1) is 20.1. The van der Waals surface area contributed by atoms with E-state index in [-0.39, 0.29) is 24.0 Å². The molecule has 3 aromatic heterocycles. The molecule has 25 heavy (non-hydrogen) atoms. The van der Waals surface area contributed by atoms with Gasteiger partial charge in [-0.05, 0) is 20.8 Å². The summed E-state index contributed by atoms with van der Waals surface area (Å²) in [5.41, 5.74) is 2.11. The van der Waals surface area contributed by atoms with E-state index in [1.54, 1.807) is 22.7 Å². The van der Waals surface area contributed by atoms with Crippen molar-refractivity contribution in [3.63, 3.8) is 0 Å². The predicted octanol–water partition coefficient (Wildman–Crippen LogP) is 3.38. The SMILES string of the molecule is CCNC(=NCc1cn2ccsc2n1)NCCc1nc(C)c(C)s1.I. The Labute approximate surface area is 172 Å². The van der Waals surface area contributed by atoms with Gasteiger partial charge in [-0.25, -0.2) is 15.0 Å². The van der Waals surface area contributed by atoms with E-state index in [1.807, 2.05) is 22.2 Å². The molecular formula is C16H23IN6S2. The first-order valence-corrected chi connectivity index (χ1v) is 9.71. The quantitative estimate of drug-likeness (QED) is 0.316. The van der Waals surface area contributed by atoms with Crippen molar-refractivity contribution in [2.75, 3.05) is 13.1 Å². The molecule has 2 N–H and O–H groups in total. The molecule has 0 saturated heterocycles. The van der Waals surface area contributed by atoms with E-state index in [1.165, 1.54) is 9.88 Å². The molecule has 0 aromatic carbocycles. The van der Waals surface area contributed by atoms with Gasteiger partial charge in [-0.1, -0.05) is 0 Å². The van der Waals surface area contributed by atoms with E-state index in [4.69, 9.17) is 0 Å². The molecule has 3 heterocycles. The number of fused-ring (bicyclic) bond motifs is 1. The molecule has 0 aliphatic carbocycles. The second-order valence-electron chi connectivity index (χ2n) is 5.45. The highest BCUT2D eigenvalue weighted by Crippen LogP contribution is 2.16. The highest BCUT2D eigenvalue weighted by molar-refractivity contribution is 14.0. The number of nitrogens with one attached hydrogen (secondary N) is 2. The van der Waals surface area contributed by atoms with Crippen LogP contribution in [0.5, 0.6) is 0 Å². The summed E-state index contributed by atoms with van der Waals surface area (Å²) >= 11 is 3.40. The van der Waals surface area contributed by atoms with Crippen LogP contribution in [0.3, 0.4) is 0 Å². The van der Waals surface area contributed by atoms with Crippen LogP contribution in [0, 0.1) is 13.8 Å². The third kappa shape index (κ3) is 5.38. The minimum Gasteiger partial charge on any atom is -0.357 e. The molecule has 0 spiro atoms. The average Bonchev–Trinajstić information content (AvgIpc) is 3.21. The third-order valence-corrected chi connectivity index (χ3v) is 5.49. The molecule has 136 valence electrons. The highest BCUT2D eigenvalue weighted by atomic mass is 127. The average molecular weight is 490 g/mol. The maximum Gasteiger partial charge on any atom is 0.193 e. The van der Waals surface area contributed by atoms with Crippen LogP contribution >= 0.6 is 46.7 Å². The summed E-state index contributed by atoms with van der Waals surface area (Å²) in [5, 5.41) is 9.84. The van der Waals surface area contributed by atoms with Crippen LogP contribution in [-0.2, 0) is 13.0 Å². The third-order valence-electron chi connectivity index (χ3n) is 3.59. The molecular weight excluding hydrogens is 467 g/mol. The molecule has 0 atom stereocenters. The van der Waals surface area contributed by atoms with Crippen molar-refractivity contribution >= 4 is 57.6 Å². The van der Waals surface area contributed by atoms with Gasteiger partial charge in [-0.2, -0.15) is 0 Å². The fraction of sp³-hybridized carbons (Fsp3) is 0.438. The van der Waals surface area contributed by atoms with Gasteiger partial charge in [0.15, 0.2) is 10.9 Å². The van der Waals surface area contributed by atoms with Crippen LogP contribution in [0.2, 0.25) is 0 Å². The fourth-order valence-corrected chi connectivity index (χ4v) is 3.94. The van der Waals surface area contributed by atoms with E-state index in [0.717, 1.165) is 41.8 Å². The lowest BCUT2D eigenvalue weighted by atomic mass is 10.4. The Morgan fingerprint density at radius 3 is 2.80 bits per heavy atom. The molecule has 0 radical (unpaired) electrons. The second kappa shape index (κ2) is 9.48. The maximum absolute atomic E-state index is 4.62. The van der Waals surface area contributed by atoms with Crippen molar-refractivity contribution in [3.8, 4) is 0 Å². The topological polar surface area (TPSA) is 66.6 Å². The summed E-state index contributed by atoms with van der Waals surface area (Å²) in [7, 11) is 0. The van der Waals surface area contributed by atoms with E-state index >= 15 is 0 Å². The number of imidazole rings is 1. The van der Waals surface area contributed by atoms with E-state index < -0.39 is 0 Å². The molecule has 3 rings (SSSR count). The van der Waals surface area contributed by atoms with Crippen molar-refractivity contribution in [1.29, 1.82) is 0 Å². The lowest BCUT2D eigenvalue weighted by Gasteiger charge is -2.10. The smallest absolute Gasteiger partial charge is 0.193 e. The number of aromatic nitrogens is 3. The Morgan fingerprint density at radius 1 is 1.28 bits per heavy atom. The van der Waals surface area contributed by atoms with Gasteiger partial charge in [0.2, 0.25) is 0 Å². The summed E-state index contributed by atoms with van der Waals surface area (Å²) < 4.78 is 2.03. The normalized spacial score (nSPS) is 11.6. The number of nitrogens with zero attached hydrogens (tertiary/aromatic N) is 4. The van der Waals surface area contributed by atoms with Gasteiger partial charge in [-0.15, -0.1) is 46.7 Å². The zero-order valence-corrected chi connectivity index (χ0v) is 18.5. The largest absolute Gasteiger partial charge is 0.357 e. The lowest BCUT2D eigenvalue weighted by molar-refractivity contribution is 0.793. The number of aliphatic imine (C=N–C) groups is 1. The Balaban J connectivity index is 0.00000225. The molecule has 3 aromatic rings. The van der Waals surface area contributed by atoms with Gasteiger partial charge in [-0.3, -0.25) is 4.40 Å². The number of hydrogen-bond acceptors (Lipinski definition) is 5. The van der Waals surface area contributed by atoms with Crippen molar-refractivity contribution in [2.45, 2.75) is 33.7 Å². The van der Waals surface area contributed by atoms with Gasteiger partial charge in [0.05, 0.1) is 22.9 Å². The fourth-order valence-electron chi connectivity index (χ4n) is 2.29. The number of hydrogen-bond donors (Lipinski definition) is 2. The molecule has 0 amide bonds. The summed E-state index contributed by atoms with van der Waals surface area (Å²) in [6.07, 6.45) is 4.95. The van der Waals surface area contributed by atoms with Gasteiger partial charge in [0.25, 0.3) is 0 Å². The Bertz CT molecular complexity index is 787. The summed E-state index contributed by atoms with van der Waals surface area (Å²) in [6.45, 7) is 8.46. The van der Waals surface area contributed by atoms with Crippen molar-refractivity contribution < 1.29 is 0 Å². The number of halogens is 1. The van der Waals surface area contributed by atoms with Crippen LogP contribution in [-0.4, -0.2) is 33.4 Å². The summed E-state index contributed by atoms with van der Waals surface area (Å²) in [5.74, 6) is 0.818. The molecule has 0 unspecified atom stereocenters. The first-order chi connectivity index (χ1) is 11.7. The zero-order chi connectivity index (χ0) is 16.9. The van der Waals surface area contributed by atoms with Crippen LogP contribution in [0.1, 0.15) is 28.2 Å². The molecule has 0 aliphatic heterocycles. The van der Waals surface area contributed by atoms with E-state index in [2.05, 4.69) is 46.4 Å². The van der Waals surface area contributed by atoms with E-state index in [9.17, 15) is 0 Å². The first-order valence-electron chi connectivity index (χ1n) is 8.02. The van der Waals surface area contributed by atoms with Crippen LogP contribution in [0.25, 0.3) is 4.96 Å². The molecule has 0 saturated carbocycles. The van der Waals surface area contributed by atoms with Gasteiger partial charge < -0.3 is 10.6 Å². The Hall–Kier alpha value is -1.20. The number of rotatable bonds is 6. The van der Waals surface area contributed by atoms with Crippen LogP contribution < -0.4 is 10.6 Å². The monoisotopic (exact) mass is 490 g/mol. The lowest BCUT2D eigenvalue weighted by Crippen LogP contribution is -2.38. The standard InChI is InChI=1S/C16H22N6S2.HI/c1-4-17-15(18-6-5-14-20-11(2)12(3)24-14)19-9-13-10-22-7-8-23-16(22)21-13;/h7-8,10H,4-6,9H2,1-3H3,(H2,17,18,19);1H. The number of guanidine groups is 1.